The number of carbonyl (C=O) groups excluding carboxylic acids is 2. The third-order valence-electron chi connectivity index (χ3n) is 3.39. The zero-order valence-electron chi connectivity index (χ0n) is 14.3. The Hall–Kier alpha value is -0.160. The van der Waals surface area contributed by atoms with Crippen molar-refractivity contribution in [3.63, 3.8) is 0 Å². The van der Waals surface area contributed by atoms with Crippen molar-refractivity contribution < 1.29 is 9.59 Å². The molecule has 0 aromatic heterocycles. The fourth-order valence-corrected chi connectivity index (χ4v) is 4.12. The first-order valence-corrected chi connectivity index (χ1v) is 11.2. The molecule has 0 aliphatic rings. The van der Waals surface area contributed by atoms with Crippen molar-refractivity contribution in [2.45, 2.75) is 78.1 Å². The molecule has 0 bridgehead atoms. The van der Waals surface area contributed by atoms with Crippen LogP contribution in [0.4, 0.5) is 0 Å². The van der Waals surface area contributed by atoms with Crippen LogP contribution in [0.5, 0.6) is 0 Å². The molecule has 0 rings (SSSR count). The van der Waals surface area contributed by atoms with Gasteiger partial charge in [0.15, 0.2) is 0 Å². The van der Waals surface area contributed by atoms with Gasteiger partial charge in [-0.3, -0.25) is 9.59 Å². The molecule has 130 valence electrons. The largest absolute Gasteiger partial charge is 0.356 e. The van der Waals surface area contributed by atoms with Gasteiger partial charge in [0.2, 0.25) is 5.91 Å². The summed E-state index contributed by atoms with van der Waals surface area (Å²) in [7, 11) is 3.40. The molecule has 0 heterocycles. The summed E-state index contributed by atoms with van der Waals surface area (Å²) in [5.41, 5.74) is 0. The maximum atomic E-state index is 11.7. The topological polar surface area (TPSA) is 46.2 Å². The number of hydrogen-bond acceptors (Lipinski definition) is 4. The number of unbranched alkanes of at least 4 members (excludes halogenated alkanes) is 6. The lowest BCUT2D eigenvalue weighted by Crippen LogP contribution is -2.22. The summed E-state index contributed by atoms with van der Waals surface area (Å²) in [6.07, 6.45) is 10.8. The van der Waals surface area contributed by atoms with E-state index in [1.54, 1.807) is 21.6 Å². The van der Waals surface area contributed by atoms with Crippen LogP contribution >= 0.6 is 21.6 Å². The molecular weight excluding hydrogens is 314 g/mol. The summed E-state index contributed by atoms with van der Waals surface area (Å²) in [5, 5.41) is 2.78. The van der Waals surface area contributed by atoms with Crippen molar-refractivity contribution in [3.8, 4) is 0 Å². The summed E-state index contributed by atoms with van der Waals surface area (Å²) in [4.78, 5) is 22.9. The minimum atomic E-state index is 0.116. The Bertz CT molecular complexity index is 286. The van der Waals surface area contributed by atoms with Crippen LogP contribution in [-0.2, 0) is 9.59 Å². The van der Waals surface area contributed by atoms with Crippen LogP contribution in [-0.4, -0.2) is 29.7 Å². The van der Waals surface area contributed by atoms with E-state index >= 15 is 0 Å². The van der Waals surface area contributed by atoms with Crippen molar-refractivity contribution >= 4 is 33.3 Å². The molecule has 0 aromatic carbocycles. The van der Waals surface area contributed by atoms with Crippen LogP contribution in [0.2, 0.25) is 0 Å². The zero-order chi connectivity index (χ0) is 16.5. The van der Waals surface area contributed by atoms with Gasteiger partial charge in [0.1, 0.15) is 5.78 Å². The number of amides is 1. The molecule has 0 saturated heterocycles. The molecule has 3 nitrogen and oxygen atoms in total. The highest BCUT2D eigenvalue weighted by atomic mass is 33.1. The predicted molar refractivity (Wildman–Crippen MR) is 100 cm³/mol. The standard InChI is InChI=1S/C17H33NO2S2/c1-3-5-6-7-8-9-10-11-16(19)12-14-21-22-15-13-17(20)18-4-2/h3-15H2,1-2H3,(H,18,20). The summed E-state index contributed by atoms with van der Waals surface area (Å²) in [6, 6.07) is 0. The highest BCUT2D eigenvalue weighted by molar-refractivity contribution is 8.76. The molecule has 0 unspecified atom stereocenters. The van der Waals surface area contributed by atoms with E-state index in [-0.39, 0.29) is 5.91 Å². The monoisotopic (exact) mass is 347 g/mol. The van der Waals surface area contributed by atoms with E-state index in [0.29, 0.717) is 25.2 Å². The Labute approximate surface area is 144 Å². The number of carbonyl (C=O) groups is 2. The molecule has 0 radical (unpaired) electrons. The molecule has 1 N–H and O–H groups in total. The Morgan fingerprint density at radius 1 is 0.773 bits per heavy atom. The maximum Gasteiger partial charge on any atom is 0.220 e. The van der Waals surface area contributed by atoms with Crippen LogP contribution in [0, 0.1) is 0 Å². The Balaban J connectivity index is 3.24. The molecule has 22 heavy (non-hydrogen) atoms. The number of rotatable bonds is 16. The quantitative estimate of drug-likeness (QED) is 0.315. The summed E-state index contributed by atoms with van der Waals surface area (Å²) >= 11 is 0. The summed E-state index contributed by atoms with van der Waals surface area (Å²) in [5.74, 6) is 2.20. The Morgan fingerprint density at radius 2 is 1.36 bits per heavy atom. The summed E-state index contributed by atoms with van der Waals surface area (Å²) in [6.45, 7) is 4.86. The third kappa shape index (κ3) is 16.2. The summed E-state index contributed by atoms with van der Waals surface area (Å²) < 4.78 is 0. The highest BCUT2D eigenvalue weighted by Gasteiger charge is 2.03. The number of Topliss-reactive ketones (excluding diaryl/α,β-unsaturated/α-hetero) is 1. The Kier molecular flexibility index (Phi) is 17.1. The second kappa shape index (κ2) is 17.2. The van der Waals surface area contributed by atoms with Gasteiger partial charge in [0, 0.05) is 37.3 Å². The predicted octanol–water partition coefficient (Wildman–Crippen LogP) is 4.99. The van der Waals surface area contributed by atoms with E-state index < -0.39 is 0 Å². The van der Waals surface area contributed by atoms with Gasteiger partial charge in [-0.1, -0.05) is 67.0 Å². The van der Waals surface area contributed by atoms with E-state index in [2.05, 4.69) is 12.2 Å². The van der Waals surface area contributed by atoms with Crippen LogP contribution in [0.1, 0.15) is 78.1 Å². The maximum absolute atomic E-state index is 11.7. The van der Waals surface area contributed by atoms with E-state index in [1.165, 1.54) is 38.5 Å². The lowest BCUT2D eigenvalue weighted by Gasteiger charge is -2.03. The molecule has 5 heteroatoms. The number of nitrogens with one attached hydrogen (secondary N) is 1. The molecule has 0 fully saturated rings. The van der Waals surface area contributed by atoms with Crippen molar-refractivity contribution in [2.24, 2.45) is 0 Å². The van der Waals surface area contributed by atoms with Gasteiger partial charge in [-0.15, -0.1) is 0 Å². The van der Waals surface area contributed by atoms with Crippen molar-refractivity contribution in [2.75, 3.05) is 18.1 Å². The van der Waals surface area contributed by atoms with Crippen molar-refractivity contribution in [1.82, 2.24) is 5.32 Å². The molecular formula is C17H33NO2S2. The molecule has 0 aliphatic carbocycles. The van der Waals surface area contributed by atoms with Crippen LogP contribution in [0.15, 0.2) is 0 Å². The van der Waals surface area contributed by atoms with Crippen LogP contribution in [0.3, 0.4) is 0 Å². The van der Waals surface area contributed by atoms with Crippen molar-refractivity contribution in [3.05, 3.63) is 0 Å². The first-order valence-electron chi connectivity index (χ1n) is 8.73. The normalized spacial score (nSPS) is 10.6. The van der Waals surface area contributed by atoms with E-state index in [0.717, 1.165) is 24.3 Å². The van der Waals surface area contributed by atoms with Gasteiger partial charge in [0.05, 0.1) is 0 Å². The second-order valence-corrected chi connectivity index (χ2v) is 8.21. The smallest absolute Gasteiger partial charge is 0.220 e. The van der Waals surface area contributed by atoms with Gasteiger partial charge in [-0.25, -0.2) is 0 Å². The average molecular weight is 348 g/mol. The molecule has 0 atom stereocenters. The first kappa shape index (κ1) is 21.8. The lowest BCUT2D eigenvalue weighted by atomic mass is 10.1. The van der Waals surface area contributed by atoms with Gasteiger partial charge >= 0.3 is 0 Å². The van der Waals surface area contributed by atoms with E-state index in [9.17, 15) is 9.59 Å². The van der Waals surface area contributed by atoms with Crippen LogP contribution < -0.4 is 5.32 Å². The third-order valence-corrected chi connectivity index (χ3v) is 5.80. The Morgan fingerprint density at radius 3 is 2.00 bits per heavy atom. The van der Waals surface area contributed by atoms with Gasteiger partial charge in [0.25, 0.3) is 0 Å². The van der Waals surface area contributed by atoms with Gasteiger partial charge in [-0.05, 0) is 13.3 Å². The van der Waals surface area contributed by atoms with Crippen LogP contribution in [0.25, 0.3) is 0 Å². The van der Waals surface area contributed by atoms with E-state index in [1.807, 2.05) is 6.92 Å². The molecule has 0 aliphatic heterocycles. The fraction of sp³-hybridized carbons (Fsp3) is 0.882. The van der Waals surface area contributed by atoms with Gasteiger partial charge in [-0.2, -0.15) is 0 Å². The molecule has 0 aromatic rings. The first-order chi connectivity index (χ1) is 10.7. The minimum absolute atomic E-state index is 0.116. The molecule has 0 saturated carbocycles. The average Bonchev–Trinajstić information content (AvgIpc) is 2.50. The van der Waals surface area contributed by atoms with Gasteiger partial charge < -0.3 is 5.32 Å². The van der Waals surface area contributed by atoms with E-state index in [4.69, 9.17) is 0 Å². The molecule has 0 spiro atoms. The zero-order valence-corrected chi connectivity index (χ0v) is 16.0. The minimum Gasteiger partial charge on any atom is -0.356 e. The number of hydrogen-bond donors (Lipinski definition) is 1. The number of ketones is 1. The highest BCUT2D eigenvalue weighted by Crippen LogP contribution is 2.23. The van der Waals surface area contributed by atoms with Crippen molar-refractivity contribution in [1.29, 1.82) is 0 Å². The lowest BCUT2D eigenvalue weighted by molar-refractivity contribution is -0.120. The second-order valence-electron chi connectivity index (χ2n) is 5.51. The fourth-order valence-electron chi connectivity index (χ4n) is 2.10. The SMILES string of the molecule is CCCCCCCCCC(=O)CCSSCCC(=O)NCC. The molecule has 1 amide bonds.